The van der Waals surface area contributed by atoms with E-state index in [2.05, 4.69) is 41.5 Å². The molecular formula is C66H94O10. The number of carbonyl (C=O) groups excluding carboxylic acids is 2. The Morgan fingerprint density at radius 3 is 0.882 bits per heavy atom. The second-order valence-corrected chi connectivity index (χ2v) is 19.6. The van der Waals surface area contributed by atoms with E-state index in [4.69, 9.17) is 37.9 Å². The maximum absolute atomic E-state index is 13.3. The molecule has 0 saturated heterocycles. The van der Waals surface area contributed by atoms with Crippen LogP contribution >= 0.6 is 0 Å². The van der Waals surface area contributed by atoms with Crippen LogP contribution in [0.25, 0.3) is 23.3 Å². The summed E-state index contributed by atoms with van der Waals surface area (Å²) in [6.45, 7) is 16.6. The molecule has 418 valence electrons. The van der Waals surface area contributed by atoms with Crippen molar-refractivity contribution in [2.45, 2.75) is 196 Å². The molecule has 0 N–H and O–H groups in total. The van der Waals surface area contributed by atoms with Gasteiger partial charge in [-0.25, -0.2) is 9.59 Å². The summed E-state index contributed by atoms with van der Waals surface area (Å²) in [5.41, 5.74) is 3.25. The van der Waals surface area contributed by atoms with Gasteiger partial charge in [0.15, 0.2) is 23.0 Å². The predicted octanol–water partition coefficient (Wildman–Crippen LogP) is 18.3. The van der Waals surface area contributed by atoms with E-state index in [1.54, 1.807) is 36.4 Å². The first kappa shape index (κ1) is 62.6. The van der Waals surface area contributed by atoms with Gasteiger partial charge in [-0.1, -0.05) is 181 Å². The van der Waals surface area contributed by atoms with Crippen LogP contribution < -0.4 is 37.9 Å². The zero-order valence-electron chi connectivity index (χ0n) is 47.5. The largest absolute Gasteiger partial charge is 0.490 e. The molecule has 0 aliphatic heterocycles. The maximum Gasteiger partial charge on any atom is 0.336 e. The number of benzene rings is 4. The van der Waals surface area contributed by atoms with Gasteiger partial charge in [0, 0.05) is 23.3 Å². The molecule has 0 radical (unpaired) electrons. The number of hydrogen-bond acceptors (Lipinski definition) is 10. The molecule has 76 heavy (non-hydrogen) atoms. The van der Waals surface area contributed by atoms with E-state index in [9.17, 15) is 9.59 Å². The Balaban J connectivity index is 1.44. The summed E-state index contributed by atoms with van der Waals surface area (Å²) >= 11 is 0. The summed E-state index contributed by atoms with van der Waals surface area (Å²) in [5.74, 6) is 3.47. The Labute approximate surface area is 458 Å². The molecule has 0 heterocycles. The number of ether oxygens (including phenoxy) is 8. The van der Waals surface area contributed by atoms with Crippen molar-refractivity contribution < 1.29 is 47.5 Å². The lowest BCUT2D eigenvalue weighted by molar-refractivity contribution is -0.129. The lowest BCUT2D eigenvalue weighted by atomic mass is 10.1. The Morgan fingerprint density at radius 2 is 0.592 bits per heavy atom. The number of rotatable bonds is 43. The van der Waals surface area contributed by atoms with Gasteiger partial charge in [0.2, 0.25) is 11.5 Å². The van der Waals surface area contributed by atoms with Crippen molar-refractivity contribution in [2.24, 2.45) is 0 Å². The number of esters is 2. The molecular weight excluding hydrogens is 953 g/mol. The average Bonchev–Trinajstić information content (AvgIpc) is 3.43. The van der Waals surface area contributed by atoms with Crippen molar-refractivity contribution in [3.8, 4) is 57.1 Å². The van der Waals surface area contributed by atoms with E-state index in [1.807, 2.05) is 48.5 Å². The smallest absolute Gasteiger partial charge is 0.336 e. The van der Waals surface area contributed by atoms with E-state index in [0.29, 0.717) is 85.6 Å². The van der Waals surface area contributed by atoms with Crippen LogP contribution in [-0.4, -0.2) is 51.6 Å². The molecule has 10 nitrogen and oxygen atoms in total. The zero-order chi connectivity index (χ0) is 54.3. The van der Waals surface area contributed by atoms with Crippen LogP contribution in [0.1, 0.15) is 207 Å². The molecule has 0 spiro atoms. The third-order valence-electron chi connectivity index (χ3n) is 13.0. The molecule has 0 atom stereocenters. The van der Waals surface area contributed by atoms with Gasteiger partial charge in [-0.3, -0.25) is 0 Å². The first-order chi connectivity index (χ1) is 37.3. The van der Waals surface area contributed by atoms with Gasteiger partial charge < -0.3 is 37.9 Å². The quantitative estimate of drug-likeness (QED) is 0.0184. The summed E-state index contributed by atoms with van der Waals surface area (Å²) in [6.07, 6.45) is 32.3. The summed E-state index contributed by atoms with van der Waals surface area (Å²) in [4.78, 5) is 26.5. The second-order valence-electron chi connectivity index (χ2n) is 19.6. The molecule has 0 amide bonds. The van der Waals surface area contributed by atoms with Gasteiger partial charge in [0.05, 0.1) is 39.6 Å². The molecule has 4 aromatic carbocycles. The Hall–Kier alpha value is -5.90. The van der Waals surface area contributed by atoms with Crippen LogP contribution in [0.5, 0.6) is 46.0 Å². The highest BCUT2D eigenvalue weighted by Gasteiger charge is 2.20. The van der Waals surface area contributed by atoms with Crippen molar-refractivity contribution in [3.05, 3.63) is 96.1 Å². The highest BCUT2D eigenvalue weighted by Crippen LogP contribution is 2.43. The van der Waals surface area contributed by atoms with Gasteiger partial charge in [-0.05, 0) is 110 Å². The standard InChI is InChI=1S/C66H94O10/c1-7-13-19-25-47-69-59-43-35-55(63(71-49-27-21-15-9-3)65(59)73-51-29-23-17-11-5)37-45-61(67)75-57-39-31-53(32-40-57)54-33-41-58(42-34-54)76-62(68)46-38-56-36-44-60(70-48-26-20-14-8-2)66(74-52-30-24-18-12-6)64(56)72-50-28-22-16-10-4/h31-46H,7-30,47-52H2,1-6H3. The van der Waals surface area contributed by atoms with Crippen molar-refractivity contribution in [1.29, 1.82) is 0 Å². The van der Waals surface area contributed by atoms with Gasteiger partial charge in [-0.2, -0.15) is 0 Å². The van der Waals surface area contributed by atoms with E-state index in [-0.39, 0.29) is 0 Å². The van der Waals surface area contributed by atoms with Crippen LogP contribution in [0.4, 0.5) is 0 Å². The van der Waals surface area contributed by atoms with Crippen LogP contribution in [0.2, 0.25) is 0 Å². The Bertz CT molecular complexity index is 2090. The SMILES string of the molecule is CCCCCCOc1ccc(C=CC(=O)Oc2ccc(-c3ccc(OC(=O)C=Cc4ccc(OCCCCCC)c(OCCCCCC)c4OCCCCCC)cc3)cc2)c(OCCCCCC)c1OCCCCCC. The fourth-order valence-electron chi connectivity index (χ4n) is 8.46. The number of unbranched alkanes of at least 4 members (excludes halogenated alkanes) is 18. The third kappa shape index (κ3) is 24.4. The molecule has 4 rings (SSSR count). The molecule has 0 fully saturated rings. The first-order valence-corrected chi connectivity index (χ1v) is 29.5. The molecule has 0 unspecified atom stereocenters. The topological polar surface area (TPSA) is 108 Å². The minimum atomic E-state index is -0.517. The second kappa shape index (κ2) is 39.5. The monoisotopic (exact) mass is 1050 g/mol. The normalized spacial score (nSPS) is 11.3. The summed E-state index contributed by atoms with van der Waals surface area (Å²) < 4.78 is 49.9. The molecule has 0 bridgehead atoms. The zero-order valence-corrected chi connectivity index (χ0v) is 47.5. The average molecular weight is 1050 g/mol. The van der Waals surface area contributed by atoms with Crippen LogP contribution in [-0.2, 0) is 9.59 Å². The highest BCUT2D eigenvalue weighted by atomic mass is 16.6. The summed E-state index contributed by atoms with van der Waals surface area (Å²) in [6, 6.07) is 22.3. The van der Waals surface area contributed by atoms with Crippen molar-refractivity contribution in [3.63, 3.8) is 0 Å². The lowest BCUT2D eigenvalue weighted by Gasteiger charge is -2.19. The first-order valence-electron chi connectivity index (χ1n) is 29.5. The lowest BCUT2D eigenvalue weighted by Crippen LogP contribution is -2.08. The fourth-order valence-corrected chi connectivity index (χ4v) is 8.46. The molecule has 10 heteroatoms. The van der Waals surface area contributed by atoms with Crippen LogP contribution in [0.15, 0.2) is 84.9 Å². The molecule has 0 saturated carbocycles. The van der Waals surface area contributed by atoms with E-state index >= 15 is 0 Å². The summed E-state index contributed by atoms with van der Waals surface area (Å²) in [7, 11) is 0. The number of carbonyl (C=O) groups is 2. The van der Waals surface area contributed by atoms with Gasteiger partial charge >= 0.3 is 11.9 Å². The number of hydrogen-bond donors (Lipinski definition) is 0. The minimum absolute atomic E-state index is 0.409. The minimum Gasteiger partial charge on any atom is -0.490 e. The van der Waals surface area contributed by atoms with Crippen LogP contribution in [0, 0.1) is 0 Å². The maximum atomic E-state index is 13.3. The molecule has 0 aliphatic carbocycles. The Kier molecular flexibility index (Phi) is 32.5. The van der Waals surface area contributed by atoms with E-state index < -0.39 is 11.9 Å². The van der Waals surface area contributed by atoms with Crippen molar-refractivity contribution >= 4 is 24.1 Å². The van der Waals surface area contributed by atoms with Crippen LogP contribution in [0.3, 0.4) is 0 Å². The fraction of sp³-hybridized carbons (Fsp3) is 0.545. The van der Waals surface area contributed by atoms with Gasteiger partial charge in [-0.15, -0.1) is 0 Å². The third-order valence-corrected chi connectivity index (χ3v) is 13.0. The van der Waals surface area contributed by atoms with Crippen molar-refractivity contribution in [2.75, 3.05) is 39.6 Å². The Morgan fingerprint density at radius 1 is 0.316 bits per heavy atom. The summed E-state index contributed by atoms with van der Waals surface area (Å²) in [5, 5.41) is 0. The van der Waals surface area contributed by atoms with E-state index in [1.165, 1.54) is 25.0 Å². The van der Waals surface area contributed by atoms with Gasteiger partial charge in [0.25, 0.3) is 0 Å². The van der Waals surface area contributed by atoms with Gasteiger partial charge in [0.1, 0.15) is 11.5 Å². The molecule has 0 aromatic heterocycles. The van der Waals surface area contributed by atoms with E-state index in [0.717, 1.165) is 164 Å². The highest BCUT2D eigenvalue weighted by molar-refractivity contribution is 5.90. The molecule has 0 aliphatic rings. The molecule has 4 aromatic rings. The predicted molar refractivity (Wildman–Crippen MR) is 312 cm³/mol. The van der Waals surface area contributed by atoms with Crippen molar-refractivity contribution in [1.82, 2.24) is 0 Å².